The molecule has 78 valence electrons. The predicted octanol–water partition coefficient (Wildman–Crippen LogP) is 2.32. The van der Waals surface area contributed by atoms with E-state index in [1.54, 1.807) is 0 Å². The molecule has 0 saturated heterocycles. The van der Waals surface area contributed by atoms with Gasteiger partial charge in [-0.3, -0.25) is 0 Å². The lowest BCUT2D eigenvalue weighted by Crippen LogP contribution is -2.26. The van der Waals surface area contributed by atoms with Gasteiger partial charge < -0.3 is 10.5 Å². The minimum atomic E-state index is 0.249. The van der Waals surface area contributed by atoms with Crippen LogP contribution < -0.4 is 5.73 Å². The van der Waals surface area contributed by atoms with Gasteiger partial charge >= 0.3 is 0 Å². The highest BCUT2D eigenvalue weighted by atomic mass is 16.5. The summed E-state index contributed by atoms with van der Waals surface area (Å²) in [4.78, 5) is 0. The van der Waals surface area contributed by atoms with Crippen LogP contribution in [-0.4, -0.2) is 19.3 Å². The van der Waals surface area contributed by atoms with Gasteiger partial charge in [0, 0.05) is 6.61 Å². The second-order valence-electron chi connectivity index (χ2n) is 4.90. The van der Waals surface area contributed by atoms with Crippen LogP contribution in [0.1, 0.15) is 46.0 Å². The third-order valence-corrected chi connectivity index (χ3v) is 2.99. The maximum Gasteiger partial charge on any atom is 0.0575 e. The molecule has 0 aliphatic heterocycles. The molecule has 1 aliphatic rings. The van der Waals surface area contributed by atoms with Gasteiger partial charge in [0.05, 0.1) is 6.10 Å². The zero-order chi connectivity index (χ0) is 9.73. The Morgan fingerprint density at radius 3 is 2.46 bits per heavy atom. The van der Waals surface area contributed by atoms with Crippen molar-refractivity contribution in [3.8, 4) is 0 Å². The fraction of sp³-hybridized carbons (Fsp3) is 1.00. The van der Waals surface area contributed by atoms with Crippen molar-refractivity contribution >= 4 is 0 Å². The van der Waals surface area contributed by atoms with Crippen LogP contribution in [-0.2, 0) is 4.74 Å². The van der Waals surface area contributed by atoms with Gasteiger partial charge in [0.25, 0.3) is 0 Å². The average Bonchev–Trinajstić information content (AvgIpc) is 2.57. The van der Waals surface area contributed by atoms with E-state index >= 15 is 0 Å². The Kier molecular flexibility index (Phi) is 4.20. The van der Waals surface area contributed by atoms with Gasteiger partial charge in [0.15, 0.2) is 0 Å². The molecular formula is C11H23NO. The molecule has 0 aromatic carbocycles. The summed E-state index contributed by atoms with van der Waals surface area (Å²) in [5.74, 6) is 0. The van der Waals surface area contributed by atoms with E-state index in [-0.39, 0.29) is 5.41 Å². The van der Waals surface area contributed by atoms with Crippen molar-refractivity contribution in [2.24, 2.45) is 11.1 Å². The summed E-state index contributed by atoms with van der Waals surface area (Å²) in [5, 5.41) is 0. The molecule has 1 fully saturated rings. The first-order chi connectivity index (χ1) is 6.14. The Labute approximate surface area is 81.8 Å². The summed E-state index contributed by atoms with van der Waals surface area (Å²) in [5.41, 5.74) is 5.89. The molecule has 0 unspecified atom stereocenters. The summed E-state index contributed by atoms with van der Waals surface area (Å²) < 4.78 is 5.79. The number of rotatable bonds is 5. The molecule has 2 nitrogen and oxygen atoms in total. The first-order valence-corrected chi connectivity index (χ1v) is 5.46. The molecule has 13 heavy (non-hydrogen) atoms. The van der Waals surface area contributed by atoms with E-state index < -0.39 is 0 Å². The van der Waals surface area contributed by atoms with E-state index in [0.717, 1.165) is 19.6 Å². The minimum Gasteiger partial charge on any atom is -0.378 e. The van der Waals surface area contributed by atoms with E-state index in [2.05, 4.69) is 13.8 Å². The highest BCUT2D eigenvalue weighted by Crippen LogP contribution is 2.23. The Morgan fingerprint density at radius 1 is 1.31 bits per heavy atom. The summed E-state index contributed by atoms with van der Waals surface area (Å²) in [6.45, 7) is 6.03. The van der Waals surface area contributed by atoms with E-state index in [4.69, 9.17) is 10.5 Å². The zero-order valence-corrected chi connectivity index (χ0v) is 9.01. The second-order valence-corrected chi connectivity index (χ2v) is 4.90. The predicted molar refractivity (Wildman–Crippen MR) is 55.7 cm³/mol. The van der Waals surface area contributed by atoms with Crippen LogP contribution in [0.3, 0.4) is 0 Å². The number of ether oxygens (including phenoxy) is 1. The summed E-state index contributed by atoms with van der Waals surface area (Å²) in [6.07, 6.45) is 6.87. The SMILES string of the molecule is CC(C)(CN)CCOC1CCCC1. The molecule has 1 aliphatic carbocycles. The highest BCUT2D eigenvalue weighted by Gasteiger charge is 2.18. The first-order valence-electron chi connectivity index (χ1n) is 5.46. The maximum atomic E-state index is 5.79. The van der Waals surface area contributed by atoms with Gasteiger partial charge in [-0.25, -0.2) is 0 Å². The van der Waals surface area contributed by atoms with Gasteiger partial charge in [-0.15, -0.1) is 0 Å². The Bertz CT molecular complexity index is 139. The van der Waals surface area contributed by atoms with E-state index in [0.29, 0.717) is 6.10 Å². The molecule has 0 radical (unpaired) electrons. The van der Waals surface area contributed by atoms with Crippen LogP contribution in [0.2, 0.25) is 0 Å². The van der Waals surface area contributed by atoms with Crippen molar-refractivity contribution in [2.45, 2.75) is 52.1 Å². The minimum absolute atomic E-state index is 0.249. The van der Waals surface area contributed by atoms with E-state index in [9.17, 15) is 0 Å². The van der Waals surface area contributed by atoms with E-state index in [1.165, 1.54) is 25.7 Å². The standard InChI is InChI=1S/C11H23NO/c1-11(2,9-12)7-8-13-10-5-3-4-6-10/h10H,3-9,12H2,1-2H3. The first kappa shape index (κ1) is 11.0. The fourth-order valence-electron chi connectivity index (χ4n) is 1.66. The normalized spacial score (nSPS) is 19.6. The molecule has 1 saturated carbocycles. The van der Waals surface area contributed by atoms with Crippen molar-refractivity contribution < 1.29 is 4.74 Å². The van der Waals surface area contributed by atoms with Crippen LogP contribution in [0.5, 0.6) is 0 Å². The van der Waals surface area contributed by atoms with Crippen LogP contribution in [0, 0.1) is 5.41 Å². The molecule has 2 heteroatoms. The fourth-order valence-corrected chi connectivity index (χ4v) is 1.66. The third kappa shape index (κ3) is 4.10. The molecule has 0 amide bonds. The summed E-state index contributed by atoms with van der Waals surface area (Å²) >= 11 is 0. The largest absolute Gasteiger partial charge is 0.378 e. The lowest BCUT2D eigenvalue weighted by atomic mass is 9.90. The van der Waals surface area contributed by atoms with Crippen molar-refractivity contribution in [3.05, 3.63) is 0 Å². The lowest BCUT2D eigenvalue weighted by Gasteiger charge is -2.23. The molecule has 0 atom stereocenters. The molecule has 0 bridgehead atoms. The van der Waals surface area contributed by atoms with Gasteiger partial charge in [-0.2, -0.15) is 0 Å². The average molecular weight is 185 g/mol. The van der Waals surface area contributed by atoms with E-state index in [1.807, 2.05) is 0 Å². The summed E-state index contributed by atoms with van der Waals surface area (Å²) in [7, 11) is 0. The quantitative estimate of drug-likeness (QED) is 0.713. The Balaban J connectivity index is 2.06. The van der Waals surface area contributed by atoms with Crippen LogP contribution in [0.4, 0.5) is 0 Å². The van der Waals surface area contributed by atoms with Crippen LogP contribution in [0.15, 0.2) is 0 Å². The van der Waals surface area contributed by atoms with Gasteiger partial charge in [0.1, 0.15) is 0 Å². The topological polar surface area (TPSA) is 35.2 Å². The van der Waals surface area contributed by atoms with Gasteiger partial charge in [0.2, 0.25) is 0 Å². The highest BCUT2D eigenvalue weighted by molar-refractivity contribution is 4.71. The van der Waals surface area contributed by atoms with Crippen LogP contribution in [0.25, 0.3) is 0 Å². The van der Waals surface area contributed by atoms with Gasteiger partial charge in [-0.05, 0) is 31.2 Å². The number of hydrogen-bond donors (Lipinski definition) is 1. The molecule has 0 aromatic heterocycles. The molecule has 0 heterocycles. The maximum absolute atomic E-state index is 5.79. The number of hydrogen-bond acceptors (Lipinski definition) is 2. The summed E-state index contributed by atoms with van der Waals surface area (Å²) in [6, 6.07) is 0. The monoisotopic (exact) mass is 185 g/mol. The second kappa shape index (κ2) is 4.97. The van der Waals surface area contributed by atoms with Crippen molar-refractivity contribution in [2.75, 3.05) is 13.2 Å². The molecule has 0 aromatic rings. The lowest BCUT2D eigenvalue weighted by molar-refractivity contribution is 0.0411. The third-order valence-electron chi connectivity index (χ3n) is 2.99. The van der Waals surface area contributed by atoms with Crippen molar-refractivity contribution in [1.82, 2.24) is 0 Å². The van der Waals surface area contributed by atoms with Crippen molar-refractivity contribution in [1.29, 1.82) is 0 Å². The van der Waals surface area contributed by atoms with Gasteiger partial charge in [-0.1, -0.05) is 26.7 Å². The zero-order valence-electron chi connectivity index (χ0n) is 9.01. The Morgan fingerprint density at radius 2 is 1.92 bits per heavy atom. The smallest absolute Gasteiger partial charge is 0.0575 e. The molecule has 1 rings (SSSR count). The molecule has 2 N–H and O–H groups in total. The molecular weight excluding hydrogens is 162 g/mol. The van der Waals surface area contributed by atoms with Crippen LogP contribution >= 0.6 is 0 Å². The number of nitrogens with two attached hydrogens (primary N) is 1. The molecule has 0 spiro atoms. The Hall–Kier alpha value is -0.0800. The van der Waals surface area contributed by atoms with Crippen molar-refractivity contribution in [3.63, 3.8) is 0 Å².